The van der Waals surface area contributed by atoms with Crippen LogP contribution in [0.3, 0.4) is 0 Å². The quantitative estimate of drug-likeness (QED) is 0.886. The van der Waals surface area contributed by atoms with Crippen LogP contribution in [-0.4, -0.2) is 40.1 Å². The zero-order chi connectivity index (χ0) is 13.4. The van der Waals surface area contributed by atoms with Gasteiger partial charge in [-0.05, 0) is 37.1 Å². The lowest BCUT2D eigenvalue weighted by Gasteiger charge is -2.22. The third-order valence-corrected chi connectivity index (χ3v) is 3.90. The Morgan fingerprint density at radius 2 is 2.32 bits per heavy atom. The Kier molecular flexibility index (Phi) is 3.21. The van der Waals surface area contributed by atoms with Crippen LogP contribution in [0.1, 0.15) is 23.3 Å². The Bertz CT molecular complexity index is 623. The highest BCUT2D eigenvalue weighted by atomic mass is 35.5. The highest BCUT2D eigenvalue weighted by molar-refractivity contribution is 6.31. The number of likely N-dealkylation sites (tertiary alicyclic amines) is 1. The van der Waals surface area contributed by atoms with Gasteiger partial charge in [-0.3, -0.25) is 4.79 Å². The summed E-state index contributed by atoms with van der Waals surface area (Å²) in [5.41, 5.74) is 1.45. The van der Waals surface area contributed by atoms with E-state index in [4.69, 9.17) is 11.6 Å². The van der Waals surface area contributed by atoms with E-state index >= 15 is 0 Å². The van der Waals surface area contributed by atoms with Crippen LogP contribution in [0, 0.1) is 0 Å². The Morgan fingerprint density at radius 1 is 1.47 bits per heavy atom. The number of halogens is 1. The van der Waals surface area contributed by atoms with E-state index in [1.54, 1.807) is 11.0 Å². The van der Waals surface area contributed by atoms with E-state index in [-0.39, 0.29) is 18.6 Å². The molecule has 1 saturated heterocycles. The van der Waals surface area contributed by atoms with Crippen molar-refractivity contribution in [2.75, 3.05) is 13.2 Å². The summed E-state index contributed by atoms with van der Waals surface area (Å²) in [7, 11) is 0. The Hall–Kier alpha value is -1.52. The van der Waals surface area contributed by atoms with Gasteiger partial charge in [0.15, 0.2) is 0 Å². The third-order valence-electron chi connectivity index (χ3n) is 3.66. The molecule has 4 nitrogen and oxygen atoms in total. The molecule has 1 atom stereocenters. The van der Waals surface area contributed by atoms with Crippen LogP contribution in [-0.2, 0) is 0 Å². The molecule has 2 N–H and O–H groups in total. The maximum Gasteiger partial charge on any atom is 0.270 e. The van der Waals surface area contributed by atoms with Gasteiger partial charge in [-0.25, -0.2) is 0 Å². The van der Waals surface area contributed by atoms with Crippen molar-refractivity contribution in [3.05, 3.63) is 35.0 Å². The first kappa shape index (κ1) is 12.5. The number of hydrogen-bond donors (Lipinski definition) is 2. The van der Waals surface area contributed by atoms with Gasteiger partial charge in [-0.1, -0.05) is 11.6 Å². The van der Waals surface area contributed by atoms with Crippen LogP contribution < -0.4 is 0 Å². The highest BCUT2D eigenvalue weighted by Gasteiger charge is 2.29. The Balaban J connectivity index is 1.93. The number of carbonyl (C=O) groups excluding carboxylic acids is 1. The number of aliphatic hydroxyl groups is 1. The molecule has 0 aliphatic carbocycles. The highest BCUT2D eigenvalue weighted by Crippen LogP contribution is 2.23. The molecule has 2 aromatic rings. The topological polar surface area (TPSA) is 56.3 Å². The lowest BCUT2D eigenvalue weighted by Crippen LogP contribution is -2.37. The average molecular weight is 279 g/mol. The number of rotatable bonds is 2. The predicted molar refractivity (Wildman–Crippen MR) is 74.5 cm³/mol. The van der Waals surface area contributed by atoms with Gasteiger partial charge in [0, 0.05) is 22.5 Å². The Morgan fingerprint density at radius 3 is 3.11 bits per heavy atom. The number of aliphatic hydroxyl groups excluding tert-OH is 1. The number of H-pyrrole nitrogens is 1. The fraction of sp³-hybridized carbons (Fsp3) is 0.357. The lowest BCUT2D eigenvalue weighted by molar-refractivity contribution is 0.0672. The summed E-state index contributed by atoms with van der Waals surface area (Å²) in [5.74, 6) is -0.0520. The maximum absolute atomic E-state index is 12.4. The average Bonchev–Trinajstić information content (AvgIpc) is 3.03. The largest absolute Gasteiger partial charge is 0.394 e. The van der Waals surface area contributed by atoms with E-state index in [0.29, 0.717) is 17.3 Å². The molecule has 0 radical (unpaired) electrons. The van der Waals surface area contributed by atoms with Gasteiger partial charge in [-0.15, -0.1) is 0 Å². The van der Waals surface area contributed by atoms with Crippen LogP contribution in [0.5, 0.6) is 0 Å². The number of hydrogen-bond acceptors (Lipinski definition) is 2. The third kappa shape index (κ3) is 2.22. The number of fused-ring (bicyclic) bond motifs is 1. The van der Waals surface area contributed by atoms with Crippen LogP contribution in [0.25, 0.3) is 10.9 Å². The molecule has 5 heteroatoms. The molecule has 1 aliphatic rings. The number of amides is 1. The van der Waals surface area contributed by atoms with Crippen molar-refractivity contribution in [2.24, 2.45) is 0 Å². The van der Waals surface area contributed by atoms with E-state index in [9.17, 15) is 9.90 Å². The van der Waals surface area contributed by atoms with E-state index < -0.39 is 0 Å². The molecule has 0 unspecified atom stereocenters. The first-order chi connectivity index (χ1) is 9.19. The second-order valence-electron chi connectivity index (χ2n) is 4.89. The SMILES string of the molecule is O=C(c1cc2cc(Cl)ccc2[nH]1)N1CCC[C@@H]1CO. The van der Waals surface area contributed by atoms with Gasteiger partial charge in [0.2, 0.25) is 0 Å². The fourth-order valence-electron chi connectivity index (χ4n) is 2.67. The summed E-state index contributed by atoms with van der Waals surface area (Å²) in [6, 6.07) is 7.25. The number of benzene rings is 1. The van der Waals surface area contributed by atoms with Gasteiger partial charge < -0.3 is 15.0 Å². The van der Waals surface area contributed by atoms with Crippen molar-refractivity contribution in [1.29, 1.82) is 0 Å². The van der Waals surface area contributed by atoms with Crippen molar-refractivity contribution in [1.82, 2.24) is 9.88 Å². The summed E-state index contributed by atoms with van der Waals surface area (Å²) in [6.45, 7) is 0.734. The summed E-state index contributed by atoms with van der Waals surface area (Å²) in [4.78, 5) is 17.3. The molecular weight excluding hydrogens is 264 g/mol. The molecule has 1 fully saturated rings. The molecule has 0 spiro atoms. The zero-order valence-corrected chi connectivity index (χ0v) is 11.2. The normalized spacial score (nSPS) is 19.3. The molecule has 0 bridgehead atoms. The fourth-order valence-corrected chi connectivity index (χ4v) is 2.85. The van der Waals surface area contributed by atoms with E-state index in [0.717, 1.165) is 23.7 Å². The first-order valence-electron chi connectivity index (χ1n) is 6.39. The van der Waals surface area contributed by atoms with Gasteiger partial charge in [0.25, 0.3) is 5.91 Å². The van der Waals surface area contributed by atoms with Crippen molar-refractivity contribution in [2.45, 2.75) is 18.9 Å². The van der Waals surface area contributed by atoms with Gasteiger partial charge in [0.1, 0.15) is 5.69 Å². The maximum atomic E-state index is 12.4. The molecule has 1 aliphatic heterocycles. The van der Waals surface area contributed by atoms with Gasteiger partial charge >= 0.3 is 0 Å². The second-order valence-corrected chi connectivity index (χ2v) is 5.33. The van der Waals surface area contributed by atoms with E-state index in [1.807, 2.05) is 18.2 Å². The summed E-state index contributed by atoms with van der Waals surface area (Å²) in [6.07, 6.45) is 1.82. The van der Waals surface area contributed by atoms with Crippen molar-refractivity contribution in [3.8, 4) is 0 Å². The zero-order valence-electron chi connectivity index (χ0n) is 10.4. The molecule has 1 aromatic carbocycles. The molecule has 2 heterocycles. The predicted octanol–water partition coefficient (Wildman–Crippen LogP) is 2.42. The minimum absolute atomic E-state index is 0.0256. The molecular formula is C14H15ClN2O2. The minimum Gasteiger partial charge on any atom is -0.394 e. The summed E-state index contributed by atoms with van der Waals surface area (Å²) in [5, 5.41) is 10.9. The van der Waals surface area contributed by atoms with E-state index in [2.05, 4.69) is 4.98 Å². The Labute approximate surface area is 116 Å². The van der Waals surface area contributed by atoms with Crippen molar-refractivity contribution >= 4 is 28.4 Å². The van der Waals surface area contributed by atoms with E-state index in [1.165, 1.54) is 0 Å². The number of carbonyl (C=O) groups is 1. The smallest absolute Gasteiger partial charge is 0.270 e. The van der Waals surface area contributed by atoms with Gasteiger partial charge in [0.05, 0.1) is 12.6 Å². The molecule has 19 heavy (non-hydrogen) atoms. The molecule has 1 amide bonds. The molecule has 0 saturated carbocycles. The monoisotopic (exact) mass is 278 g/mol. The number of aromatic nitrogens is 1. The van der Waals surface area contributed by atoms with Crippen molar-refractivity contribution < 1.29 is 9.90 Å². The first-order valence-corrected chi connectivity index (χ1v) is 6.77. The minimum atomic E-state index is -0.0532. The standard InChI is InChI=1S/C14H15ClN2O2/c15-10-3-4-12-9(6-10)7-13(16-12)14(19)17-5-1-2-11(17)8-18/h3-4,6-7,11,16,18H,1-2,5,8H2/t11-/m1/s1. The lowest BCUT2D eigenvalue weighted by atomic mass is 10.2. The van der Waals surface area contributed by atoms with Crippen LogP contribution in [0.15, 0.2) is 24.3 Å². The number of nitrogens with zero attached hydrogens (tertiary/aromatic N) is 1. The number of aromatic amines is 1. The summed E-state index contributed by atoms with van der Waals surface area (Å²) >= 11 is 5.94. The van der Waals surface area contributed by atoms with Crippen LogP contribution in [0.4, 0.5) is 0 Å². The molecule has 100 valence electrons. The number of nitrogens with one attached hydrogen (secondary N) is 1. The van der Waals surface area contributed by atoms with Crippen LogP contribution in [0.2, 0.25) is 5.02 Å². The van der Waals surface area contributed by atoms with Crippen molar-refractivity contribution in [3.63, 3.8) is 0 Å². The van der Waals surface area contributed by atoms with Gasteiger partial charge in [-0.2, -0.15) is 0 Å². The van der Waals surface area contributed by atoms with Crippen LogP contribution >= 0.6 is 11.6 Å². The second kappa shape index (κ2) is 4.87. The molecule has 3 rings (SSSR count). The molecule has 1 aromatic heterocycles. The summed E-state index contributed by atoms with van der Waals surface area (Å²) < 4.78 is 0.